The van der Waals surface area contributed by atoms with E-state index < -0.39 is 15.8 Å². The van der Waals surface area contributed by atoms with E-state index in [-0.39, 0.29) is 34.9 Å². The SMILES string of the molecule is CCOc1cc(OCC)c([N+](=O)[O-])cc1/C=N/NC(=O)c1ccc([N+](=O)[O-])cc1. The fraction of sp³-hybridized carbons (Fsp3) is 0.222. The van der Waals surface area contributed by atoms with Gasteiger partial charge in [-0.25, -0.2) is 5.43 Å². The predicted octanol–water partition coefficient (Wildman–Crippen LogP) is 3.06. The summed E-state index contributed by atoms with van der Waals surface area (Å²) in [6, 6.07) is 7.60. The molecule has 29 heavy (non-hydrogen) atoms. The molecule has 0 fully saturated rings. The van der Waals surface area contributed by atoms with Gasteiger partial charge in [-0.2, -0.15) is 5.10 Å². The molecular weight excluding hydrogens is 384 g/mol. The van der Waals surface area contributed by atoms with Gasteiger partial charge in [-0.15, -0.1) is 0 Å². The fourth-order valence-corrected chi connectivity index (χ4v) is 2.32. The molecule has 2 aromatic rings. The molecule has 0 saturated heterocycles. The largest absolute Gasteiger partial charge is 0.493 e. The summed E-state index contributed by atoms with van der Waals surface area (Å²) in [4.78, 5) is 32.9. The smallest absolute Gasteiger partial charge is 0.311 e. The third kappa shape index (κ3) is 5.48. The maximum atomic E-state index is 12.1. The van der Waals surface area contributed by atoms with Gasteiger partial charge in [-0.05, 0) is 26.0 Å². The van der Waals surface area contributed by atoms with Crippen molar-refractivity contribution in [1.82, 2.24) is 5.43 Å². The number of rotatable bonds is 9. The van der Waals surface area contributed by atoms with Crippen LogP contribution < -0.4 is 14.9 Å². The van der Waals surface area contributed by atoms with Crippen LogP contribution in [0.3, 0.4) is 0 Å². The van der Waals surface area contributed by atoms with Crippen LogP contribution >= 0.6 is 0 Å². The van der Waals surface area contributed by atoms with Crippen LogP contribution in [0.25, 0.3) is 0 Å². The fourth-order valence-electron chi connectivity index (χ4n) is 2.32. The number of hydrogen-bond donors (Lipinski definition) is 1. The highest BCUT2D eigenvalue weighted by Crippen LogP contribution is 2.34. The Morgan fingerprint density at radius 3 is 2.21 bits per heavy atom. The molecule has 11 heteroatoms. The van der Waals surface area contributed by atoms with Gasteiger partial charge in [0.1, 0.15) is 5.75 Å². The number of nitro benzene ring substituents is 2. The van der Waals surface area contributed by atoms with Crippen molar-refractivity contribution in [3.8, 4) is 11.5 Å². The number of nitrogens with zero attached hydrogens (tertiary/aromatic N) is 3. The molecule has 0 aliphatic heterocycles. The van der Waals surface area contributed by atoms with E-state index in [1.54, 1.807) is 13.8 Å². The van der Waals surface area contributed by atoms with E-state index in [0.29, 0.717) is 12.4 Å². The van der Waals surface area contributed by atoms with Crippen molar-refractivity contribution in [3.05, 3.63) is 67.8 Å². The topological polar surface area (TPSA) is 146 Å². The highest BCUT2D eigenvalue weighted by atomic mass is 16.6. The van der Waals surface area contributed by atoms with E-state index in [1.807, 2.05) is 0 Å². The van der Waals surface area contributed by atoms with E-state index in [1.165, 1.54) is 42.6 Å². The van der Waals surface area contributed by atoms with Gasteiger partial charge < -0.3 is 9.47 Å². The van der Waals surface area contributed by atoms with Crippen LogP contribution in [0.15, 0.2) is 41.5 Å². The number of benzene rings is 2. The summed E-state index contributed by atoms with van der Waals surface area (Å²) in [6.07, 6.45) is 1.21. The Labute approximate surface area is 165 Å². The number of hydrazone groups is 1. The van der Waals surface area contributed by atoms with Gasteiger partial charge in [0.2, 0.25) is 5.75 Å². The monoisotopic (exact) mass is 402 g/mol. The maximum absolute atomic E-state index is 12.1. The molecule has 0 atom stereocenters. The van der Waals surface area contributed by atoms with Crippen LogP contribution in [0.2, 0.25) is 0 Å². The highest BCUT2D eigenvalue weighted by molar-refractivity contribution is 5.95. The summed E-state index contributed by atoms with van der Waals surface area (Å²) in [5.41, 5.74) is 2.28. The summed E-state index contributed by atoms with van der Waals surface area (Å²) >= 11 is 0. The first kappa shape index (κ1) is 21.3. The zero-order valence-corrected chi connectivity index (χ0v) is 15.7. The maximum Gasteiger partial charge on any atom is 0.311 e. The molecule has 2 rings (SSSR count). The highest BCUT2D eigenvalue weighted by Gasteiger charge is 2.19. The first-order chi connectivity index (χ1) is 13.9. The predicted molar refractivity (Wildman–Crippen MR) is 104 cm³/mol. The van der Waals surface area contributed by atoms with Gasteiger partial charge in [0.15, 0.2) is 0 Å². The molecule has 0 unspecified atom stereocenters. The van der Waals surface area contributed by atoms with Gasteiger partial charge in [0, 0.05) is 35.4 Å². The van der Waals surface area contributed by atoms with Crippen LogP contribution in [-0.2, 0) is 0 Å². The van der Waals surface area contributed by atoms with Crippen LogP contribution in [-0.4, -0.2) is 35.2 Å². The normalized spacial score (nSPS) is 10.6. The number of carbonyl (C=O) groups excluding carboxylic acids is 1. The van der Waals surface area contributed by atoms with Crippen molar-refractivity contribution in [2.45, 2.75) is 13.8 Å². The number of non-ortho nitro benzene ring substituents is 1. The van der Waals surface area contributed by atoms with E-state index >= 15 is 0 Å². The Balaban J connectivity index is 2.23. The summed E-state index contributed by atoms with van der Waals surface area (Å²) in [5, 5.41) is 25.7. The lowest BCUT2D eigenvalue weighted by Gasteiger charge is -2.10. The number of hydrogen-bond acceptors (Lipinski definition) is 8. The minimum Gasteiger partial charge on any atom is -0.493 e. The molecule has 11 nitrogen and oxygen atoms in total. The minimum absolute atomic E-state index is 0.0630. The lowest BCUT2D eigenvalue weighted by Crippen LogP contribution is -2.17. The van der Waals surface area contributed by atoms with Gasteiger partial charge >= 0.3 is 5.69 Å². The molecule has 0 spiro atoms. The second kappa shape index (κ2) is 9.78. The van der Waals surface area contributed by atoms with Crippen molar-refractivity contribution in [2.75, 3.05) is 13.2 Å². The van der Waals surface area contributed by atoms with E-state index in [0.717, 1.165) is 0 Å². The van der Waals surface area contributed by atoms with Crippen molar-refractivity contribution < 1.29 is 24.1 Å². The first-order valence-electron chi connectivity index (χ1n) is 8.53. The molecule has 0 radical (unpaired) electrons. The zero-order valence-electron chi connectivity index (χ0n) is 15.7. The van der Waals surface area contributed by atoms with Crippen LogP contribution in [0, 0.1) is 20.2 Å². The van der Waals surface area contributed by atoms with Gasteiger partial charge in [0.25, 0.3) is 11.6 Å². The third-order valence-electron chi connectivity index (χ3n) is 3.60. The van der Waals surface area contributed by atoms with Crippen LogP contribution in [0.4, 0.5) is 11.4 Å². The summed E-state index contributed by atoms with van der Waals surface area (Å²) in [6.45, 7) is 4.00. The summed E-state index contributed by atoms with van der Waals surface area (Å²) < 4.78 is 10.7. The number of ether oxygens (including phenoxy) is 2. The quantitative estimate of drug-likeness (QED) is 0.385. The first-order valence-corrected chi connectivity index (χ1v) is 8.53. The molecule has 1 N–H and O–H groups in total. The second-order valence-electron chi connectivity index (χ2n) is 5.48. The lowest BCUT2D eigenvalue weighted by atomic mass is 10.1. The van der Waals surface area contributed by atoms with Crippen molar-refractivity contribution in [2.24, 2.45) is 5.10 Å². The number of amides is 1. The summed E-state index contributed by atoms with van der Waals surface area (Å²) in [7, 11) is 0. The molecule has 1 amide bonds. The third-order valence-corrected chi connectivity index (χ3v) is 3.60. The molecule has 0 heterocycles. The molecule has 0 aromatic heterocycles. The van der Waals surface area contributed by atoms with Gasteiger partial charge in [-0.1, -0.05) is 0 Å². The van der Waals surface area contributed by atoms with E-state index in [9.17, 15) is 25.0 Å². The zero-order chi connectivity index (χ0) is 21.4. The van der Waals surface area contributed by atoms with Gasteiger partial charge in [-0.3, -0.25) is 25.0 Å². The second-order valence-corrected chi connectivity index (χ2v) is 5.48. The van der Waals surface area contributed by atoms with E-state index in [4.69, 9.17) is 9.47 Å². The Morgan fingerprint density at radius 2 is 1.66 bits per heavy atom. The standard InChI is InChI=1S/C18H18N4O7/c1-3-28-16-10-17(29-4-2)15(22(26)27)9-13(16)11-19-20-18(23)12-5-7-14(8-6-12)21(24)25/h5-11H,3-4H2,1-2H3,(H,20,23)/b19-11+. The molecule has 0 bridgehead atoms. The van der Waals surface area contributed by atoms with Crippen molar-refractivity contribution in [3.63, 3.8) is 0 Å². The average molecular weight is 402 g/mol. The Hall–Kier alpha value is -4.02. The van der Waals surface area contributed by atoms with Crippen LogP contribution in [0.1, 0.15) is 29.8 Å². The van der Waals surface area contributed by atoms with Gasteiger partial charge in [0.05, 0.1) is 29.3 Å². The number of nitrogens with one attached hydrogen (secondary N) is 1. The molecule has 2 aromatic carbocycles. The van der Waals surface area contributed by atoms with Crippen LogP contribution in [0.5, 0.6) is 11.5 Å². The van der Waals surface area contributed by atoms with Crippen molar-refractivity contribution >= 4 is 23.5 Å². The number of carbonyl (C=O) groups is 1. The Morgan fingerprint density at radius 1 is 1.03 bits per heavy atom. The average Bonchev–Trinajstić information content (AvgIpc) is 2.69. The number of nitro groups is 2. The molecule has 0 aliphatic carbocycles. The molecule has 0 saturated carbocycles. The molecule has 152 valence electrons. The molecule has 0 aliphatic rings. The van der Waals surface area contributed by atoms with E-state index in [2.05, 4.69) is 10.5 Å². The summed E-state index contributed by atoms with van der Waals surface area (Å²) in [5.74, 6) is -0.238. The lowest BCUT2D eigenvalue weighted by molar-refractivity contribution is -0.385. The minimum atomic E-state index is -0.602. The molecular formula is C18H18N4O7. The Kier molecular flexibility index (Phi) is 7.18. The Bertz CT molecular complexity index is 942. The van der Waals surface area contributed by atoms with Crippen molar-refractivity contribution in [1.29, 1.82) is 0 Å².